The molecule has 9 heteroatoms. The normalized spacial score (nSPS) is 19.3. The Labute approximate surface area is 139 Å². The van der Waals surface area contributed by atoms with Gasteiger partial charge in [0.15, 0.2) is 12.6 Å². The van der Waals surface area contributed by atoms with Crippen molar-refractivity contribution in [2.24, 2.45) is 0 Å². The van der Waals surface area contributed by atoms with Gasteiger partial charge in [0.1, 0.15) is 12.2 Å². The van der Waals surface area contributed by atoms with E-state index in [1.54, 1.807) is 0 Å². The van der Waals surface area contributed by atoms with Gasteiger partial charge in [-0.2, -0.15) is 0 Å². The van der Waals surface area contributed by atoms with Gasteiger partial charge in [-0.05, 0) is 26.0 Å². The van der Waals surface area contributed by atoms with Crippen molar-refractivity contribution >= 4 is 0 Å². The van der Waals surface area contributed by atoms with Crippen LogP contribution in [0.1, 0.15) is 37.8 Å². The summed E-state index contributed by atoms with van der Waals surface area (Å²) in [4.78, 5) is 4.01. The molecular formula is C15H25NO8. The second-order valence-electron chi connectivity index (χ2n) is 5.37. The Bertz CT molecular complexity index is 449. The number of hydrogen-bond donors (Lipinski definition) is 6. The maximum Gasteiger partial charge on any atom is 0.198 e. The van der Waals surface area contributed by atoms with Crippen LogP contribution in [0.4, 0.5) is 0 Å². The van der Waals surface area contributed by atoms with Crippen molar-refractivity contribution in [3.8, 4) is 0 Å². The van der Waals surface area contributed by atoms with Crippen LogP contribution in [0.3, 0.4) is 0 Å². The predicted molar refractivity (Wildman–Crippen MR) is 81.4 cm³/mol. The molecule has 0 spiro atoms. The first-order valence-electron chi connectivity index (χ1n) is 7.51. The number of pyridine rings is 1. The molecule has 0 aromatic carbocycles. The molecule has 138 valence electrons. The van der Waals surface area contributed by atoms with Gasteiger partial charge in [0.25, 0.3) is 0 Å². The fraction of sp³-hybridized carbons (Fsp3) is 0.667. The molecule has 0 aliphatic carbocycles. The zero-order valence-electron chi connectivity index (χ0n) is 13.6. The second-order valence-corrected chi connectivity index (χ2v) is 5.37. The molecule has 6 unspecified atom stereocenters. The van der Waals surface area contributed by atoms with Gasteiger partial charge in [-0.25, -0.2) is 4.98 Å². The molecule has 0 radical (unpaired) electrons. The monoisotopic (exact) mass is 347 g/mol. The van der Waals surface area contributed by atoms with Crippen LogP contribution in [-0.2, 0) is 9.47 Å². The SMILES string of the molecule is CC(OC(O)c1cccc(C(O)OC(C)C(O)CO)n1)C(O)CO. The molecule has 9 nitrogen and oxygen atoms in total. The minimum atomic E-state index is -1.48. The van der Waals surface area contributed by atoms with E-state index in [4.69, 9.17) is 19.7 Å². The third kappa shape index (κ3) is 6.04. The standard InChI is InChI=1S/C15H25NO8/c1-8(12(19)6-17)23-14(21)10-4-3-5-11(16-10)15(22)24-9(2)13(20)7-18/h3-5,8-9,12-15,17-22H,6-7H2,1-2H3. The lowest BCUT2D eigenvalue weighted by atomic mass is 10.2. The summed E-state index contributed by atoms with van der Waals surface area (Å²) in [5.74, 6) is 0. The molecule has 6 atom stereocenters. The molecule has 24 heavy (non-hydrogen) atoms. The maximum absolute atomic E-state index is 9.98. The van der Waals surface area contributed by atoms with Crippen LogP contribution < -0.4 is 0 Å². The topological polar surface area (TPSA) is 153 Å². The van der Waals surface area contributed by atoms with Gasteiger partial charge in [-0.1, -0.05) is 6.07 Å². The van der Waals surface area contributed by atoms with Gasteiger partial charge in [-0.15, -0.1) is 0 Å². The Kier molecular flexibility index (Phi) is 8.67. The molecule has 0 aliphatic rings. The molecule has 0 aliphatic heterocycles. The van der Waals surface area contributed by atoms with E-state index in [0.717, 1.165) is 0 Å². The van der Waals surface area contributed by atoms with E-state index in [2.05, 4.69) is 4.98 Å². The van der Waals surface area contributed by atoms with Crippen molar-refractivity contribution in [1.82, 2.24) is 4.98 Å². The Morgan fingerprint density at radius 2 is 1.21 bits per heavy atom. The average molecular weight is 347 g/mol. The molecule has 0 amide bonds. The minimum Gasteiger partial charge on any atom is -0.394 e. The van der Waals surface area contributed by atoms with Crippen LogP contribution in [0, 0.1) is 0 Å². The van der Waals surface area contributed by atoms with Crippen molar-refractivity contribution in [3.63, 3.8) is 0 Å². The number of aliphatic hydroxyl groups is 6. The Morgan fingerprint density at radius 1 is 0.833 bits per heavy atom. The molecule has 6 N–H and O–H groups in total. The lowest BCUT2D eigenvalue weighted by molar-refractivity contribution is -0.174. The molecule has 1 rings (SSSR count). The summed E-state index contributed by atoms with van der Waals surface area (Å²) < 4.78 is 10.3. The van der Waals surface area contributed by atoms with Crippen molar-refractivity contribution in [2.45, 2.75) is 50.8 Å². The first-order chi connectivity index (χ1) is 11.3. The van der Waals surface area contributed by atoms with Crippen LogP contribution in [0.25, 0.3) is 0 Å². The highest BCUT2D eigenvalue weighted by Crippen LogP contribution is 2.20. The summed E-state index contributed by atoms with van der Waals surface area (Å²) in [5.41, 5.74) is 0.144. The van der Waals surface area contributed by atoms with Crippen molar-refractivity contribution in [2.75, 3.05) is 13.2 Å². The zero-order valence-corrected chi connectivity index (χ0v) is 13.6. The highest BCUT2D eigenvalue weighted by Gasteiger charge is 2.23. The Hall–Kier alpha value is -1.17. The molecule has 1 aromatic rings. The predicted octanol–water partition coefficient (Wildman–Crippen LogP) is -1.42. The number of hydrogen-bond acceptors (Lipinski definition) is 9. The van der Waals surface area contributed by atoms with E-state index in [-0.39, 0.29) is 11.4 Å². The van der Waals surface area contributed by atoms with Gasteiger partial charge in [0.2, 0.25) is 0 Å². The molecule has 0 bridgehead atoms. The third-order valence-electron chi connectivity index (χ3n) is 3.44. The van der Waals surface area contributed by atoms with E-state index < -0.39 is 50.2 Å². The van der Waals surface area contributed by atoms with Crippen LogP contribution in [0.2, 0.25) is 0 Å². The van der Waals surface area contributed by atoms with Gasteiger partial charge in [0.05, 0.1) is 36.8 Å². The highest BCUT2D eigenvalue weighted by atomic mass is 16.6. The maximum atomic E-state index is 9.98. The lowest BCUT2D eigenvalue weighted by Gasteiger charge is -2.23. The number of aromatic nitrogens is 1. The fourth-order valence-corrected chi connectivity index (χ4v) is 1.77. The zero-order chi connectivity index (χ0) is 18.3. The smallest absolute Gasteiger partial charge is 0.198 e. The Morgan fingerprint density at radius 3 is 1.54 bits per heavy atom. The van der Waals surface area contributed by atoms with E-state index in [1.807, 2.05) is 0 Å². The summed E-state index contributed by atoms with van der Waals surface area (Å²) in [7, 11) is 0. The summed E-state index contributed by atoms with van der Waals surface area (Å²) in [6.07, 6.45) is -6.94. The molecular weight excluding hydrogens is 322 g/mol. The van der Waals surface area contributed by atoms with E-state index in [9.17, 15) is 20.4 Å². The van der Waals surface area contributed by atoms with Gasteiger partial charge in [-0.3, -0.25) is 0 Å². The molecule has 1 heterocycles. The van der Waals surface area contributed by atoms with Crippen molar-refractivity contribution in [3.05, 3.63) is 29.6 Å². The second kappa shape index (κ2) is 9.97. The fourth-order valence-electron chi connectivity index (χ4n) is 1.77. The van der Waals surface area contributed by atoms with Crippen molar-refractivity contribution in [1.29, 1.82) is 0 Å². The van der Waals surface area contributed by atoms with Crippen LogP contribution >= 0.6 is 0 Å². The molecule has 0 saturated carbocycles. The van der Waals surface area contributed by atoms with E-state index in [0.29, 0.717) is 0 Å². The van der Waals surface area contributed by atoms with Gasteiger partial charge >= 0.3 is 0 Å². The van der Waals surface area contributed by atoms with Crippen LogP contribution in [-0.4, -0.2) is 73.3 Å². The Balaban J connectivity index is 2.75. The summed E-state index contributed by atoms with van der Waals surface area (Å²) in [6, 6.07) is 4.41. The van der Waals surface area contributed by atoms with Crippen molar-refractivity contribution < 1.29 is 40.1 Å². The first-order valence-corrected chi connectivity index (χ1v) is 7.51. The summed E-state index contributed by atoms with van der Waals surface area (Å²) in [6.45, 7) is 1.92. The minimum absolute atomic E-state index is 0.0718. The quantitative estimate of drug-likeness (QED) is 0.280. The third-order valence-corrected chi connectivity index (χ3v) is 3.44. The molecule has 0 saturated heterocycles. The first kappa shape index (κ1) is 20.9. The average Bonchev–Trinajstić information content (AvgIpc) is 2.59. The molecule has 1 aromatic heterocycles. The lowest BCUT2D eigenvalue weighted by Crippen LogP contribution is -2.31. The summed E-state index contributed by atoms with van der Waals surface area (Å²) >= 11 is 0. The van der Waals surface area contributed by atoms with E-state index in [1.165, 1.54) is 32.0 Å². The highest BCUT2D eigenvalue weighted by molar-refractivity contribution is 5.13. The van der Waals surface area contributed by atoms with E-state index >= 15 is 0 Å². The number of nitrogens with zero attached hydrogens (tertiary/aromatic N) is 1. The van der Waals surface area contributed by atoms with Gasteiger partial charge in [0, 0.05) is 0 Å². The number of ether oxygens (including phenoxy) is 2. The van der Waals surface area contributed by atoms with Gasteiger partial charge < -0.3 is 40.1 Å². The molecule has 0 fully saturated rings. The largest absolute Gasteiger partial charge is 0.394 e. The summed E-state index contributed by atoms with van der Waals surface area (Å²) in [5, 5.41) is 56.5. The van der Waals surface area contributed by atoms with Crippen LogP contribution in [0.15, 0.2) is 18.2 Å². The number of rotatable bonds is 10. The number of aliphatic hydroxyl groups excluding tert-OH is 6. The van der Waals surface area contributed by atoms with Crippen LogP contribution in [0.5, 0.6) is 0 Å².